The van der Waals surface area contributed by atoms with Crippen LogP contribution in [-0.4, -0.2) is 52.9 Å². The van der Waals surface area contributed by atoms with Gasteiger partial charge in [-0.3, -0.25) is 4.90 Å². The van der Waals surface area contributed by atoms with Gasteiger partial charge in [0.2, 0.25) is 0 Å². The first-order valence-corrected chi connectivity index (χ1v) is 8.75. The highest BCUT2D eigenvalue weighted by Crippen LogP contribution is 2.31. The number of hydrogen-bond donors (Lipinski definition) is 1. The SMILES string of the molecule is CCCn1ncnc1CN1CCCC(O)(c2cn(C(C)C)nn2)C1. The molecular weight excluding hydrogens is 306 g/mol. The van der Waals surface area contributed by atoms with Crippen LogP contribution in [0.15, 0.2) is 12.5 Å². The number of aliphatic hydroxyl groups is 1. The molecule has 2 aromatic rings. The van der Waals surface area contributed by atoms with E-state index in [1.807, 2.05) is 10.9 Å². The van der Waals surface area contributed by atoms with E-state index in [0.29, 0.717) is 25.2 Å². The van der Waals surface area contributed by atoms with Crippen LogP contribution in [0.2, 0.25) is 0 Å². The third kappa shape index (κ3) is 3.49. The summed E-state index contributed by atoms with van der Waals surface area (Å²) in [6.07, 6.45) is 6.14. The highest BCUT2D eigenvalue weighted by Gasteiger charge is 2.38. The van der Waals surface area contributed by atoms with Crippen molar-refractivity contribution >= 4 is 0 Å². The van der Waals surface area contributed by atoms with Gasteiger partial charge in [0.15, 0.2) is 0 Å². The smallest absolute Gasteiger partial charge is 0.141 e. The first-order valence-electron chi connectivity index (χ1n) is 8.75. The number of aromatic nitrogens is 6. The van der Waals surface area contributed by atoms with Crippen LogP contribution in [-0.2, 0) is 18.7 Å². The van der Waals surface area contributed by atoms with Gasteiger partial charge < -0.3 is 5.11 Å². The molecule has 3 rings (SSSR count). The number of piperidine rings is 1. The molecule has 1 N–H and O–H groups in total. The van der Waals surface area contributed by atoms with Gasteiger partial charge in [0.1, 0.15) is 23.4 Å². The van der Waals surface area contributed by atoms with Crippen molar-refractivity contribution in [2.75, 3.05) is 13.1 Å². The van der Waals surface area contributed by atoms with E-state index in [1.54, 1.807) is 11.0 Å². The molecular formula is C16H27N7O. The van der Waals surface area contributed by atoms with Crippen molar-refractivity contribution in [2.45, 2.75) is 64.8 Å². The summed E-state index contributed by atoms with van der Waals surface area (Å²) in [6.45, 7) is 9.29. The number of likely N-dealkylation sites (tertiary alicyclic amines) is 1. The Morgan fingerprint density at radius 3 is 2.92 bits per heavy atom. The molecule has 1 atom stereocenters. The van der Waals surface area contributed by atoms with Crippen molar-refractivity contribution in [1.29, 1.82) is 0 Å². The second-order valence-corrected chi connectivity index (χ2v) is 6.92. The first kappa shape index (κ1) is 17.0. The summed E-state index contributed by atoms with van der Waals surface area (Å²) in [4.78, 5) is 6.60. The Bertz CT molecular complexity index is 665. The predicted molar refractivity (Wildman–Crippen MR) is 89.1 cm³/mol. The van der Waals surface area contributed by atoms with Crippen LogP contribution in [0.1, 0.15) is 57.6 Å². The zero-order chi connectivity index (χ0) is 17.2. The lowest BCUT2D eigenvalue weighted by atomic mass is 9.90. The Labute approximate surface area is 142 Å². The molecule has 132 valence electrons. The third-order valence-corrected chi connectivity index (χ3v) is 4.56. The van der Waals surface area contributed by atoms with E-state index in [2.05, 4.69) is 46.1 Å². The van der Waals surface area contributed by atoms with Crippen molar-refractivity contribution in [3.8, 4) is 0 Å². The molecule has 3 heterocycles. The molecule has 1 fully saturated rings. The Morgan fingerprint density at radius 1 is 1.38 bits per heavy atom. The summed E-state index contributed by atoms with van der Waals surface area (Å²) >= 11 is 0. The molecule has 2 aromatic heterocycles. The van der Waals surface area contributed by atoms with Crippen LogP contribution in [0.5, 0.6) is 0 Å². The summed E-state index contributed by atoms with van der Waals surface area (Å²) in [6, 6.07) is 0.238. The number of rotatable bonds is 6. The van der Waals surface area contributed by atoms with Crippen molar-refractivity contribution in [2.24, 2.45) is 0 Å². The minimum absolute atomic E-state index is 0.238. The molecule has 1 aliphatic heterocycles. The molecule has 0 spiro atoms. The molecule has 0 aliphatic carbocycles. The Kier molecular flexibility index (Phi) is 4.96. The monoisotopic (exact) mass is 333 g/mol. The Hall–Kier alpha value is -1.80. The average Bonchev–Trinajstić information content (AvgIpc) is 3.18. The molecule has 0 aromatic carbocycles. The summed E-state index contributed by atoms with van der Waals surface area (Å²) in [7, 11) is 0. The molecule has 1 saturated heterocycles. The van der Waals surface area contributed by atoms with Gasteiger partial charge in [-0.15, -0.1) is 5.10 Å². The summed E-state index contributed by atoms with van der Waals surface area (Å²) in [5.74, 6) is 0.951. The quantitative estimate of drug-likeness (QED) is 0.859. The van der Waals surface area contributed by atoms with E-state index in [1.165, 1.54) is 0 Å². The van der Waals surface area contributed by atoms with Gasteiger partial charge in [0.25, 0.3) is 0 Å². The number of β-amino-alcohol motifs (C(OH)–C–C–N with tert-alkyl or cyclic N) is 1. The average molecular weight is 333 g/mol. The van der Waals surface area contributed by atoms with Gasteiger partial charge >= 0.3 is 0 Å². The number of aryl methyl sites for hydroxylation is 1. The second kappa shape index (κ2) is 6.98. The highest BCUT2D eigenvalue weighted by atomic mass is 16.3. The van der Waals surface area contributed by atoms with Crippen LogP contribution in [0.25, 0.3) is 0 Å². The van der Waals surface area contributed by atoms with E-state index < -0.39 is 5.60 Å². The van der Waals surface area contributed by atoms with Crippen molar-refractivity contribution in [1.82, 2.24) is 34.7 Å². The van der Waals surface area contributed by atoms with Crippen molar-refractivity contribution < 1.29 is 5.11 Å². The van der Waals surface area contributed by atoms with Crippen LogP contribution in [0, 0.1) is 0 Å². The Morgan fingerprint density at radius 2 is 2.21 bits per heavy atom. The fourth-order valence-electron chi connectivity index (χ4n) is 3.22. The van der Waals surface area contributed by atoms with Crippen molar-refractivity contribution in [3.05, 3.63) is 24.0 Å². The largest absolute Gasteiger partial charge is 0.382 e. The minimum Gasteiger partial charge on any atom is -0.382 e. The van der Waals surface area contributed by atoms with Crippen LogP contribution < -0.4 is 0 Å². The molecule has 8 heteroatoms. The van der Waals surface area contributed by atoms with Gasteiger partial charge in [-0.05, 0) is 39.7 Å². The van der Waals surface area contributed by atoms with Crippen LogP contribution >= 0.6 is 0 Å². The first-order chi connectivity index (χ1) is 11.5. The van der Waals surface area contributed by atoms with Crippen LogP contribution in [0.3, 0.4) is 0 Å². The lowest BCUT2D eigenvalue weighted by molar-refractivity contribution is -0.0423. The molecule has 1 unspecified atom stereocenters. The van der Waals surface area contributed by atoms with E-state index >= 15 is 0 Å². The van der Waals surface area contributed by atoms with Gasteiger partial charge in [0, 0.05) is 19.1 Å². The lowest BCUT2D eigenvalue weighted by Crippen LogP contribution is -2.46. The number of nitrogens with zero attached hydrogens (tertiary/aromatic N) is 7. The third-order valence-electron chi connectivity index (χ3n) is 4.56. The van der Waals surface area contributed by atoms with Crippen LogP contribution in [0.4, 0.5) is 0 Å². The van der Waals surface area contributed by atoms with E-state index in [9.17, 15) is 5.11 Å². The second-order valence-electron chi connectivity index (χ2n) is 6.92. The normalized spacial score (nSPS) is 22.4. The van der Waals surface area contributed by atoms with Gasteiger partial charge in [-0.1, -0.05) is 12.1 Å². The molecule has 1 aliphatic rings. The summed E-state index contributed by atoms with van der Waals surface area (Å²) < 4.78 is 3.74. The maximum absolute atomic E-state index is 11.1. The zero-order valence-electron chi connectivity index (χ0n) is 14.8. The standard InChI is InChI=1S/C16H27N7O/c1-4-7-22-15(17-12-18-22)10-21-8-5-6-16(24,11-21)14-9-23(13(2)3)20-19-14/h9,12-13,24H,4-8,10-11H2,1-3H3. The maximum Gasteiger partial charge on any atom is 0.141 e. The fourth-order valence-corrected chi connectivity index (χ4v) is 3.22. The molecule has 0 radical (unpaired) electrons. The summed E-state index contributed by atoms with van der Waals surface area (Å²) in [5, 5.41) is 23.7. The van der Waals surface area contributed by atoms with Gasteiger partial charge in [-0.2, -0.15) is 5.10 Å². The molecule has 24 heavy (non-hydrogen) atoms. The van der Waals surface area contributed by atoms with E-state index in [0.717, 1.165) is 31.8 Å². The summed E-state index contributed by atoms with van der Waals surface area (Å²) in [5.41, 5.74) is -0.281. The van der Waals surface area contributed by atoms with E-state index in [4.69, 9.17) is 0 Å². The van der Waals surface area contributed by atoms with Gasteiger partial charge in [0.05, 0.1) is 12.7 Å². The minimum atomic E-state index is -0.943. The molecule has 0 saturated carbocycles. The zero-order valence-corrected chi connectivity index (χ0v) is 14.8. The highest BCUT2D eigenvalue weighted by molar-refractivity contribution is 5.10. The molecule has 0 amide bonds. The Balaban J connectivity index is 1.72. The van der Waals surface area contributed by atoms with Gasteiger partial charge in [-0.25, -0.2) is 14.3 Å². The van der Waals surface area contributed by atoms with Crippen molar-refractivity contribution in [3.63, 3.8) is 0 Å². The van der Waals surface area contributed by atoms with E-state index in [-0.39, 0.29) is 6.04 Å². The molecule has 8 nitrogen and oxygen atoms in total. The number of hydrogen-bond acceptors (Lipinski definition) is 6. The predicted octanol–water partition coefficient (Wildman–Crippen LogP) is 1.34. The maximum atomic E-state index is 11.1. The fraction of sp³-hybridized carbons (Fsp3) is 0.750. The molecule has 0 bridgehead atoms. The topological polar surface area (TPSA) is 84.9 Å². The lowest BCUT2D eigenvalue weighted by Gasteiger charge is -2.37.